The van der Waals surface area contributed by atoms with Gasteiger partial charge in [0.2, 0.25) is 0 Å². The van der Waals surface area contributed by atoms with E-state index in [0.717, 1.165) is 31.7 Å². The summed E-state index contributed by atoms with van der Waals surface area (Å²) < 4.78 is 28.7. The number of nitrogens with one attached hydrogen (secondary N) is 2. The maximum absolute atomic E-state index is 14.5. The molecule has 2 heterocycles. The molecule has 6 N–H and O–H groups in total. The molecule has 9 heteroatoms. The first-order valence-corrected chi connectivity index (χ1v) is 8.77. The van der Waals surface area contributed by atoms with Crippen LogP contribution in [0.4, 0.5) is 26.1 Å². The second-order valence-electron chi connectivity index (χ2n) is 6.66. The number of carbonyl (C=O) groups excluding carboxylic acids is 1. The smallest absolute Gasteiger partial charge is 0.252 e. The Morgan fingerprint density at radius 1 is 1.26 bits per heavy atom. The highest BCUT2D eigenvalue weighted by Gasteiger charge is 2.24. The summed E-state index contributed by atoms with van der Waals surface area (Å²) in [5.41, 5.74) is 11.5. The molecular weight excluding hydrogens is 354 g/mol. The van der Waals surface area contributed by atoms with Crippen molar-refractivity contribution in [2.75, 3.05) is 10.6 Å². The van der Waals surface area contributed by atoms with E-state index in [9.17, 15) is 13.6 Å². The molecule has 0 radical (unpaired) electrons. The van der Waals surface area contributed by atoms with E-state index in [1.165, 1.54) is 19.2 Å². The number of nitrogens with zero attached hydrogens (tertiary/aromatic N) is 2. The Bertz CT molecular complexity index is 860. The molecule has 1 amide bonds. The first-order valence-electron chi connectivity index (χ1n) is 8.77. The summed E-state index contributed by atoms with van der Waals surface area (Å²) in [6.07, 6.45) is 5.06. The monoisotopic (exact) mass is 376 g/mol. The van der Waals surface area contributed by atoms with Crippen LogP contribution in [-0.2, 0) is 0 Å². The molecule has 1 aliphatic carbocycles. The molecular formula is C18H22F2N6O. The Morgan fingerprint density at radius 3 is 2.70 bits per heavy atom. The summed E-state index contributed by atoms with van der Waals surface area (Å²) in [6.45, 7) is 1.51. The number of nitrogens with two attached hydrogens (primary N) is 2. The Labute approximate surface area is 155 Å². The molecule has 0 aliphatic heterocycles. The summed E-state index contributed by atoms with van der Waals surface area (Å²) in [6, 6.07) is 2.13. The van der Waals surface area contributed by atoms with Gasteiger partial charge in [0.1, 0.15) is 5.82 Å². The van der Waals surface area contributed by atoms with Crippen LogP contribution in [0.25, 0.3) is 0 Å². The molecule has 1 saturated carbocycles. The lowest BCUT2D eigenvalue weighted by Gasteiger charge is -2.30. The van der Waals surface area contributed by atoms with Crippen molar-refractivity contribution >= 4 is 23.2 Å². The average Bonchev–Trinajstić information content (AvgIpc) is 2.63. The number of aryl methyl sites for hydroxylation is 1. The molecule has 0 saturated heterocycles. The Kier molecular flexibility index (Phi) is 5.50. The zero-order chi connectivity index (χ0) is 19.6. The van der Waals surface area contributed by atoms with Gasteiger partial charge in [-0.3, -0.25) is 9.78 Å². The van der Waals surface area contributed by atoms with Crippen molar-refractivity contribution in [3.63, 3.8) is 0 Å². The molecule has 2 aromatic heterocycles. The molecule has 2 aromatic rings. The van der Waals surface area contributed by atoms with Crippen LogP contribution < -0.4 is 22.1 Å². The molecule has 3 rings (SSSR count). The molecule has 0 spiro atoms. The van der Waals surface area contributed by atoms with Crippen molar-refractivity contribution in [1.82, 2.24) is 9.97 Å². The number of aromatic nitrogens is 2. The fourth-order valence-electron chi connectivity index (χ4n) is 3.16. The number of primary amides is 1. The van der Waals surface area contributed by atoms with E-state index in [0.29, 0.717) is 0 Å². The fraction of sp³-hybridized carbons (Fsp3) is 0.389. The number of carbonyl (C=O) groups is 1. The number of amides is 1. The molecule has 144 valence electrons. The molecule has 2 atom stereocenters. The molecule has 27 heavy (non-hydrogen) atoms. The van der Waals surface area contributed by atoms with E-state index in [1.54, 1.807) is 0 Å². The van der Waals surface area contributed by atoms with Gasteiger partial charge in [-0.1, -0.05) is 12.8 Å². The molecule has 0 unspecified atom stereocenters. The number of rotatable bonds is 5. The van der Waals surface area contributed by atoms with Crippen LogP contribution in [-0.4, -0.2) is 28.0 Å². The van der Waals surface area contributed by atoms with Crippen molar-refractivity contribution in [2.24, 2.45) is 11.5 Å². The maximum atomic E-state index is 14.5. The molecule has 0 bridgehead atoms. The molecule has 1 fully saturated rings. The van der Waals surface area contributed by atoms with Crippen LogP contribution in [0, 0.1) is 18.6 Å². The summed E-state index contributed by atoms with van der Waals surface area (Å²) in [5, 5.41) is 5.72. The van der Waals surface area contributed by atoms with Crippen molar-refractivity contribution in [1.29, 1.82) is 0 Å². The van der Waals surface area contributed by atoms with E-state index in [4.69, 9.17) is 11.5 Å². The Hall–Kier alpha value is -2.81. The van der Waals surface area contributed by atoms with Crippen molar-refractivity contribution in [2.45, 2.75) is 44.7 Å². The average molecular weight is 376 g/mol. The highest BCUT2D eigenvalue weighted by molar-refractivity contribution is 5.98. The third kappa shape index (κ3) is 4.13. The van der Waals surface area contributed by atoms with Gasteiger partial charge in [-0.15, -0.1) is 0 Å². The first-order chi connectivity index (χ1) is 12.9. The van der Waals surface area contributed by atoms with Gasteiger partial charge in [0, 0.05) is 18.3 Å². The second-order valence-corrected chi connectivity index (χ2v) is 6.66. The van der Waals surface area contributed by atoms with Crippen molar-refractivity contribution in [3.8, 4) is 0 Å². The molecule has 0 aromatic carbocycles. The summed E-state index contributed by atoms with van der Waals surface area (Å²) in [4.78, 5) is 19.7. The van der Waals surface area contributed by atoms with E-state index in [2.05, 4.69) is 20.6 Å². The normalized spacial score (nSPS) is 19.6. The largest absolute Gasteiger partial charge is 0.365 e. The number of pyridine rings is 2. The van der Waals surface area contributed by atoms with Crippen LogP contribution in [0.5, 0.6) is 0 Å². The standard InChI is InChI=1S/C18H22F2N6O/c1-9-15(20)14(6-7-23-9)25-17-10(16(22)27)8-11(19)18(26-17)24-13-5-3-2-4-12(13)21/h6-8,12-13H,2-5,21H2,1H3,(H2,22,27)(H2,23,24,25,26)/t12-,13+/m0/s1. The van der Waals surface area contributed by atoms with Gasteiger partial charge in [0.15, 0.2) is 17.5 Å². The zero-order valence-electron chi connectivity index (χ0n) is 14.9. The van der Waals surface area contributed by atoms with E-state index < -0.39 is 17.5 Å². The van der Waals surface area contributed by atoms with Crippen LogP contribution >= 0.6 is 0 Å². The van der Waals surface area contributed by atoms with Crippen LogP contribution in [0.1, 0.15) is 41.7 Å². The van der Waals surface area contributed by atoms with Gasteiger partial charge in [-0.05, 0) is 31.9 Å². The van der Waals surface area contributed by atoms with Crippen LogP contribution in [0.2, 0.25) is 0 Å². The lowest BCUT2D eigenvalue weighted by Crippen LogP contribution is -2.43. The van der Waals surface area contributed by atoms with Gasteiger partial charge < -0.3 is 22.1 Å². The number of hydrogen-bond acceptors (Lipinski definition) is 6. The van der Waals surface area contributed by atoms with Gasteiger partial charge in [-0.2, -0.15) is 0 Å². The third-order valence-electron chi connectivity index (χ3n) is 4.70. The van der Waals surface area contributed by atoms with Gasteiger partial charge in [-0.25, -0.2) is 13.8 Å². The van der Waals surface area contributed by atoms with Crippen LogP contribution in [0.15, 0.2) is 18.3 Å². The lowest BCUT2D eigenvalue weighted by atomic mass is 9.91. The minimum absolute atomic E-state index is 0.0414. The fourth-order valence-corrected chi connectivity index (χ4v) is 3.16. The van der Waals surface area contributed by atoms with E-state index in [-0.39, 0.29) is 40.7 Å². The number of anilines is 3. The predicted molar refractivity (Wildman–Crippen MR) is 98.8 cm³/mol. The highest BCUT2D eigenvalue weighted by Crippen LogP contribution is 2.27. The van der Waals surface area contributed by atoms with Gasteiger partial charge in [0.25, 0.3) is 5.91 Å². The third-order valence-corrected chi connectivity index (χ3v) is 4.70. The molecule has 7 nitrogen and oxygen atoms in total. The maximum Gasteiger partial charge on any atom is 0.252 e. The lowest BCUT2D eigenvalue weighted by molar-refractivity contribution is 0.100. The summed E-state index contributed by atoms with van der Waals surface area (Å²) in [5.74, 6) is -2.30. The number of halogens is 2. The minimum Gasteiger partial charge on any atom is -0.365 e. The van der Waals surface area contributed by atoms with Gasteiger partial charge >= 0.3 is 0 Å². The summed E-state index contributed by atoms with van der Waals surface area (Å²) in [7, 11) is 0. The van der Waals surface area contributed by atoms with Crippen molar-refractivity contribution in [3.05, 3.63) is 41.2 Å². The van der Waals surface area contributed by atoms with E-state index >= 15 is 0 Å². The Balaban J connectivity index is 1.95. The summed E-state index contributed by atoms with van der Waals surface area (Å²) >= 11 is 0. The minimum atomic E-state index is -0.879. The van der Waals surface area contributed by atoms with E-state index in [1.807, 2.05) is 0 Å². The topological polar surface area (TPSA) is 119 Å². The second kappa shape index (κ2) is 7.83. The first kappa shape index (κ1) is 19.0. The molecule has 1 aliphatic rings. The van der Waals surface area contributed by atoms with Crippen molar-refractivity contribution < 1.29 is 13.6 Å². The van der Waals surface area contributed by atoms with Gasteiger partial charge in [0.05, 0.1) is 16.9 Å². The SMILES string of the molecule is Cc1nccc(Nc2nc(N[C@@H]3CCCC[C@@H]3N)c(F)cc2C(N)=O)c1F. The highest BCUT2D eigenvalue weighted by atomic mass is 19.1. The Morgan fingerprint density at radius 2 is 2.00 bits per heavy atom. The van der Waals surface area contributed by atoms with Crippen LogP contribution in [0.3, 0.4) is 0 Å². The predicted octanol–water partition coefficient (Wildman–Crippen LogP) is 2.59. The quantitative estimate of drug-likeness (QED) is 0.637. The zero-order valence-corrected chi connectivity index (χ0v) is 14.9. The number of hydrogen-bond donors (Lipinski definition) is 4.